The Balaban J connectivity index is 3.11. The first-order valence-electron chi connectivity index (χ1n) is 5.92. The van der Waals surface area contributed by atoms with Gasteiger partial charge in [-0.15, -0.1) is 0 Å². The first-order chi connectivity index (χ1) is 7.16. The van der Waals surface area contributed by atoms with Gasteiger partial charge in [-0.05, 0) is 28.9 Å². The van der Waals surface area contributed by atoms with Crippen LogP contribution in [0.4, 0.5) is 0 Å². The van der Waals surface area contributed by atoms with Crippen molar-refractivity contribution in [2.45, 2.75) is 47.0 Å². The molecule has 0 fully saturated rings. The third-order valence-electron chi connectivity index (χ3n) is 3.97. The first kappa shape index (κ1) is 13.0. The van der Waals surface area contributed by atoms with Crippen LogP contribution in [0.3, 0.4) is 0 Å². The molecule has 0 saturated carbocycles. The Kier molecular flexibility index (Phi) is 3.33. The molecule has 0 spiro atoms. The Labute approximate surface area is 100 Å². The maximum Gasteiger partial charge on any atom is -0.00551 e. The molecule has 0 bridgehead atoms. The molecule has 0 saturated heterocycles. The van der Waals surface area contributed by atoms with Crippen LogP contribution in [-0.4, -0.2) is 0 Å². The van der Waals surface area contributed by atoms with Crippen molar-refractivity contribution < 1.29 is 0 Å². The molecule has 0 unspecified atom stereocenters. The molecule has 1 aromatic carbocycles. The normalized spacial score (nSPS) is 12.6. The quantitative estimate of drug-likeness (QED) is 0.649. The van der Waals surface area contributed by atoms with Crippen LogP contribution in [0.1, 0.15) is 52.7 Å². The fraction of sp³-hybridized carbons (Fsp3) is 0.500. The maximum absolute atomic E-state index is 3.97. The second-order valence-electron chi connectivity index (χ2n) is 6.23. The highest BCUT2D eigenvalue weighted by Gasteiger charge is 2.34. The van der Waals surface area contributed by atoms with Gasteiger partial charge >= 0.3 is 0 Å². The van der Waals surface area contributed by atoms with Crippen LogP contribution in [-0.2, 0) is 5.41 Å². The van der Waals surface area contributed by atoms with Crippen molar-refractivity contribution in [3.63, 3.8) is 0 Å². The molecule has 16 heavy (non-hydrogen) atoms. The first-order valence-corrected chi connectivity index (χ1v) is 5.92. The second kappa shape index (κ2) is 4.08. The molecular weight excluding hydrogens is 192 g/mol. The monoisotopic (exact) mass is 216 g/mol. The summed E-state index contributed by atoms with van der Waals surface area (Å²) in [7, 11) is 0. The number of benzene rings is 1. The summed E-state index contributed by atoms with van der Waals surface area (Å²) < 4.78 is 0. The lowest BCUT2D eigenvalue weighted by atomic mass is 9.65. The minimum absolute atomic E-state index is 0.181. The average Bonchev–Trinajstić information content (AvgIpc) is 2.16. The van der Waals surface area contributed by atoms with Gasteiger partial charge in [0.05, 0.1) is 0 Å². The number of rotatable bonds is 2. The molecule has 1 rings (SSSR count). The van der Waals surface area contributed by atoms with Crippen molar-refractivity contribution in [2.24, 2.45) is 5.41 Å². The minimum Gasteiger partial charge on any atom is -0.0955 e. The van der Waals surface area contributed by atoms with Crippen LogP contribution in [0.25, 0.3) is 5.57 Å². The van der Waals surface area contributed by atoms with Crippen molar-refractivity contribution in [2.75, 3.05) is 0 Å². The van der Waals surface area contributed by atoms with Gasteiger partial charge in [-0.3, -0.25) is 0 Å². The second-order valence-corrected chi connectivity index (χ2v) is 6.23. The Morgan fingerprint density at radius 3 is 1.69 bits per heavy atom. The minimum atomic E-state index is 0.181. The van der Waals surface area contributed by atoms with Crippen molar-refractivity contribution in [3.05, 3.63) is 42.0 Å². The summed E-state index contributed by atoms with van der Waals surface area (Å²) in [5.41, 5.74) is 4.19. The maximum atomic E-state index is 3.97. The van der Waals surface area contributed by atoms with E-state index in [-0.39, 0.29) is 10.8 Å². The van der Waals surface area contributed by atoms with Crippen LogP contribution in [0, 0.1) is 5.41 Å². The summed E-state index contributed by atoms with van der Waals surface area (Å²) in [5, 5.41) is 0. The fourth-order valence-electron chi connectivity index (χ4n) is 1.60. The van der Waals surface area contributed by atoms with Gasteiger partial charge in [0.2, 0.25) is 0 Å². The molecule has 0 heteroatoms. The lowest BCUT2D eigenvalue weighted by Crippen LogP contribution is -2.33. The van der Waals surface area contributed by atoms with E-state index in [1.807, 2.05) is 6.92 Å². The van der Waals surface area contributed by atoms with Gasteiger partial charge in [0.1, 0.15) is 0 Å². The summed E-state index contributed by atoms with van der Waals surface area (Å²) >= 11 is 0. The van der Waals surface area contributed by atoms with Crippen LogP contribution < -0.4 is 0 Å². The highest BCUT2D eigenvalue weighted by atomic mass is 14.4. The Hall–Kier alpha value is -1.04. The summed E-state index contributed by atoms with van der Waals surface area (Å²) in [6, 6.07) is 8.81. The molecular formula is C16H24. The third-order valence-corrected chi connectivity index (χ3v) is 3.97. The number of hydrogen-bond acceptors (Lipinski definition) is 0. The Morgan fingerprint density at radius 2 is 1.38 bits per heavy atom. The smallest absolute Gasteiger partial charge is 0.00551 e. The lowest BCUT2D eigenvalue weighted by Gasteiger charge is -2.39. The van der Waals surface area contributed by atoms with Gasteiger partial charge in [0, 0.05) is 0 Å². The summed E-state index contributed by atoms with van der Waals surface area (Å²) in [4.78, 5) is 0. The molecule has 0 radical (unpaired) electrons. The van der Waals surface area contributed by atoms with E-state index in [1.54, 1.807) is 0 Å². The standard InChI is InChI=1S/C16H24/c1-12(2)13-8-10-14(11-9-13)16(6,7)15(3,4)5/h8-11H,1H2,2-7H3. The van der Waals surface area contributed by atoms with E-state index in [0.29, 0.717) is 0 Å². The van der Waals surface area contributed by atoms with E-state index >= 15 is 0 Å². The summed E-state index contributed by atoms with van der Waals surface area (Å²) in [6.07, 6.45) is 0. The topological polar surface area (TPSA) is 0 Å². The van der Waals surface area contributed by atoms with Gasteiger partial charge in [0.15, 0.2) is 0 Å². The molecule has 88 valence electrons. The molecule has 0 aliphatic rings. The molecule has 0 amide bonds. The summed E-state index contributed by atoms with van der Waals surface area (Å²) in [6.45, 7) is 17.5. The molecule has 1 aromatic rings. The van der Waals surface area contributed by atoms with Gasteiger partial charge in [-0.2, -0.15) is 0 Å². The van der Waals surface area contributed by atoms with Gasteiger partial charge in [0.25, 0.3) is 0 Å². The van der Waals surface area contributed by atoms with Crippen molar-refractivity contribution in [1.82, 2.24) is 0 Å². The largest absolute Gasteiger partial charge is 0.0955 e. The van der Waals surface area contributed by atoms with Crippen LogP contribution in [0.2, 0.25) is 0 Å². The zero-order chi connectivity index (χ0) is 12.6. The SMILES string of the molecule is C=C(C)c1ccc(C(C)(C)C(C)(C)C)cc1. The summed E-state index contributed by atoms with van der Waals surface area (Å²) in [5.74, 6) is 0. The lowest BCUT2D eigenvalue weighted by molar-refractivity contribution is 0.225. The number of hydrogen-bond donors (Lipinski definition) is 0. The van der Waals surface area contributed by atoms with E-state index < -0.39 is 0 Å². The molecule has 0 aliphatic carbocycles. The van der Waals surface area contributed by atoms with E-state index in [2.05, 4.69) is 65.5 Å². The van der Waals surface area contributed by atoms with Crippen molar-refractivity contribution >= 4 is 5.57 Å². The molecule has 0 aliphatic heterocycles. The van der Waals surface area contributed by atoms with Gasteiger partial charge in [-0.25, -0.2) is 0 Å². The van der Waals surface area contributed by atoms with Crippen LogP contribution in [0.5, 0.6) is 0 Å². The highest BCUT2D eigenvalue weighted by Crippen LogP contribution is 2.40. The van der Waals surface area contributed by atoms with E-state index in [1.165, 1.54) is 11.1 Å². The van der Waals surface area contributed by atoms with Crippen LogP contribution >= 0.6 is 0 Å². The van der Waals surface area contributed by atoms with Crippen LogP contribution in [0.15, 0.2) is 30.8 Å². The average molecular weight is 216 g/mol. The predicted octanol–water partition coefficient (Wildman–Crippen LogP) is 5.04. The molecule has 0 atom stereocenters. The van der Waals surface area contributed by atoms with Crippen molar-refractivity contribution in [1.29, 1.82) is 0 Å². The zero-order valence-electron chi connectivity index (χ0n) is 11.5. The predicted molar refractivity (Wildman–Crippen MR) is 73.6 cm³/mol. The van der Waals surface area contributed by atoms with Crippen molar-refractivity contribution in [3.8, 4) is 0 Å². The molecule has 0 N–H and O–H groups in total. The Morgan fingerprint density at radius 1 is 0.938 bits per heavy atom. The fourth-order valence-corrected chi connectivity index (χ4v) is 1.60. The molecule has 0 heterocycles. The molecule has 0 aromatic heterocycles. The third kappa shape index (κ3) is 2.37. The van der Waals surface area contributed by atoms with E-state index in [0.717, 1.165) is 5.57 Å². The molecule has 0 nitrogen and oxygen atoms in total. The highest BCUT2D eigenvalue weighted by molar-refractivity contribution is 5.61. The zero-order valence-corrected chi connectivity index (χ0v) is 11.5. The Bertz CT molecular complexity index is 371. The van der Waals surface area contributed by atoms with E-state index in [4.69, 9.17) is 0 Å². The van der Waals surface area contributed by atoms with Gasteiger partial charge in [-0.1, -0.05) is 71.0 Å². The van der Waals surface area contributed by atoms with Gasteiger partial charge < -0.3 is 0 Å². The number of allylic oxidation sites excluding steroid dienone is 1. The van der Waals surface area contributed by atoms with E-state index in [9.17, 15) is 0 Å².